The molecule has 1 heterocycles. The normalized spacial score (nSPS) is 17.0. The minimum atomic E-state index is -4.37. The van der Waals surface area contributed by atoms with Crippen LogP contribution in [0.1, 0.15) is 92.3 Å². The second-order valence-corrected chi connectivity index (χ2v) is 9.42. The van der Waals surface area contributed by atoms with Gasteiger partial charge in [-0.2, -0.15) is 13.2 Å². The number of nitrogens with zero attached hydrogens (tertiary/aromatic N) is 1. The van der Waals surface area contributed by atoms with Crippen LogP contribution in [0.5, 0.6) is 0 Å². The van der Waals surface area contributed by atoms with Crippen molar-refractivity contribution in [3.05, 3.63) is 70.4 Å². The number of carboxylic acid groups (broad SMARTS) is 1. The van der Waals surface area contributed by atoms with Crippen LogP contribution in [0.4, 0.5) is 13.2 Å². The second-order valence-electron chi connectivity index (χ2n) is 9.42. The van der Waals surface area contributed by atoms with E-state index in [1.165, 1.54) is 16.5 Å². The number of aryl methyl sites for hydroxylation is 2. The predicted octanol–water partition coefficient (Wildman–Crippen LogP) is 7.90. The molecule has 2 aromatic carbocycles. The Morgan fingerprint density at radius 1 is 1.15 bits per heavy atom. The van der Waals surface area contributed by atoms with Crippen LogP contribution < -0.4 is 0 Å². The maximum Gasteiger partial charge on any atom is 0.416 e. The molecule has 0 amide bonds. The number of unbranched alkanes of at least 4 members (excludes halogenated alkanes) is 1. The topological polar surface area (TPSA) is 42.2 Å². The molecule has 1 N–H and O–H groups in total. The first-order chi connectivity index (χ1) is 16.2. The van der Waals surface area contributed by atoms with Gasteiger partial charge in [0.1, 0.15) is 0 Å². The first kappa shape index (κ1) is 24.4. The molecule has 0 spiro atoms. The van der Waals surface area contributed by atoms with E-state index in [-0.39, 0.29) is 18.4 Å². The quantitative estimate of drug-likeness (QED) is 0.363. The van der Waals surface area contributed by atoms with Gasteiger partial charge in [0.15, 0.2) is 0 Å². The van der Waals surface area contributed by atoms with Gasteiger partial charge < -0.3 is 9.67 Å². The molecule has 4 rings (SSSR count). The van der Waals surface area contributed by atoms with E-state index in [0.29, 0.717) is 6.42 Å². The molecule has 0 bridgehead atoms. The number of fused-ring (bicyclic) bond motifs is 3. The third-order valence-corrected chi connectivity index (χ3v) is 7.14. The van der Waals surface area contributed by atoms with Crippen LogP contribution in [0, 0.1) is 0 Å². The molecule has 0 saturated carbocycles. The molecular weight excluding hydrogens is 439 g/mol. The SMILES string of the molecule is CCCCc1ccc2c(c1)c1c(n2C(CC)c2ccc(C(F)(F)F)cc2)C(CC(=O)O)CCC1. The summed E-state index contributed by atoms with van der Waals surface area (Å²) in [5.41, 5.74) is 4.76. The van der Waals surface area contributed by atoms with Crippen LogP contribution in [-0.4, -0.2) is 15.6 Å². The zero-order valence-corrected chi connectivity index (χ0v) is 19.8. The van der Waals surface area contributed by atoms with Gasteiger partial charge in [-0.25, -0.2) is 0 Å². The minimum absolute atomic E-state index is 0.0649. The molecular formula is C28H32F3NO2. The monoisotopic (exact) mass is 471 g/mol. The summed E-state index contributed by atoms with van der Waals surface area (Å²) in [7, 11) is 0. The van der Waals surface area contributed by atoms with Gasteiger partial charge in [-0.1, -0.05) is 38.5 Å². The van der Waals surface area contributed by atoms with Crippen molar-refractivity contribution in [1.29, 1.82) is 0 Å². The van der Waals surface area contributed by atoms with E-state index < -0.39 is 17.7 Å². The van der Waals surface area contributed by atoms with Crippen LogP contribution >= 0.6 is 0 Å². The van der Waals surface area contributed by atoms with Gasteiger partial charge in [0, 0.05) is 22.5 Å². The van der Waals surface area contributed by atoms with Crippen LogP contribution in [-0.2, 0) is 23.8 Å². The Morgan fingerprint density at radius 2 is 1.88 bits per heavy atom. The summed E-state index contributed by atoms with van der Waals surface area (Å²) in [5, 5.41) is 10.8. The average Bonchev–Trinajstić information content (AvgIpc) is 3.12. The van der Waals surface area contributed by atoms with Gasteiger partial charge in [0.05, 0.1) is 18.0 Å². The standard InChI is InChI=1S/C28H32F3NO2/c1-3-5-7-18-10-15-25-23(16-18)22-9-6-8-20(17-26(33)34)27(22)32(25)24(4-2)19-11-13-21(14-12-19)28(29,30)31/h10-16,20,24H,3-9,17H2,1-2H3,(H,33,34). The Morgan fingerprint density at radius 3 is 2.50 bits per heavy atom. The lowest BCUT2D eigenvalue weighted by atomic mass is 9.84. The highest BCUT2D eigenvalue weighted by Crippen LogP contribution is 2.44. The maximum absolute atomic E-state index is 13.1. The lowest BCUT2D eigenvalue weighted by Gasteiger charge is -2.29. The van der Waals surface area contributed by atoms with E-state index in [0.717, 1.165) is 67.4 Å². The minimum Gasteiger partial charge on any atom is -0.481 e. The molecule has 3 nitrogen and oxygen atoms in total. The summed E-state index contributed by atoms with van der Waals surface area (Å²) < 4.78 is 41.7. The van der Waals surface area contributed by atoms with Gasteiger partial charge in [-0.05, 0) is 79.5 Å². The molecule has 6 heteroatoms. The summed E-state index contributed by atoms with van der Waals surface area (Å²) in [6.45, 7) is 4.20. The number of benzene rings is 2. The van der Waals surface area contributed by atoms with Crippen LogP contribution in [0.3, 0.4) is 0 Å². The van der Waals surface area contributed by atoms with Gasteiger partial charge in [-0.15, -0.1) is 0 Å². The van der Waals surface area contributed by atoms with Crippen LogP contribution in [0.2, 0.25) is 0 Å². The summed E-state index contributed by atoms with van der Waals surface area (Å²) in [6, 6.07) is 11.8. The largest absolute Gasteiger partial charge is 0.481 e. The molecule has 34 heavy (non-hydrogen) atoms. The van der Waals surface area contributed by atoms with Crippen molar-refractivity contribution in [2.45, 2.75) is 83.4 Å². The van der Waals surface area contributed by atoms with Gasteiger partial charge in [0.25, 0.3) is 0 Å². The smallest absolute Gasteiger partial charge is 0.416 e. The number of rotatable bonds is 8. The highest BCUT2D eigenvalue weighted by atomic mass is 19.4. The van der Waals surface area contributed by atoms with Crippen LogP contribution in [0.15, 0.2) is 42.5 Å². The van der Waals surface area contributed by atoms with E-state index in [9.17, 15) is 23.1 Å². The summed E-state index contributed by atoms with van der Waals surface area (Å²) in [4.78, 5) is 11.7. The number of alkyl halides is 3. The fourth-order valence-electron chi connectivity index (χ4n) is 5.56. The Balaban J connectivity index is 1.89. The Hall–Kier alpha value is -2.76. The molecule has 0 saturated heterocycles. The van der Waals surface area contributed by atoms with E-state index in [4.69, 9.17) is 0 Å². The van der Waals surface area contributed by atoms with Gasteiger partial charge in [0.2, 0.25) is 0 Å². The highest BCUT2D eigenvalue weighted by molar-refractivity contribution is 5.87. The fraction of sp³-hybridized carbons (Fsp3) is 0.464. The van der Waals surface area contributed by atoms with E-state index in [2.05, 4.69) is 29.7 Å². The molecule has 0 fully saturated rings. The third kappa shape index (κ3) is 4.73. The summed E-state index contributed by atoms with van der Waals surface area (Å²) in [6.07, 6.45) is 2.26. The number of hydrogen-bond acceptors (Lipinski definition) is 1. The molecule has 0 aliphatic heterocycles. The van der Waals surface area contributed by atoms with Crippen molar-refractivity contribution in [3.63, 3.8) is 0 Å². The zero-order valence-electron chi connectivity index (χ0n) is 19.8. The van der Waals surface area contributed by atoms with Crippen LogP contribution in [0.25, 0.3) is 10.9 Å². The second kappa shape index (κ2) is 9.85. The molecule has 0 radical (unpaired) electrons. The lowest BCUT2D eigenvalue weighted by molar-refractivity contribution is -0.138. The number of hydrogen-bond donors (Lipinski definition) is 1. The number of aromatic nitrogens is 1. The zero-order chi connectivity index (χ0) is 24.5. The molecule has 1 aromatic heterocycles. The Labute approximate surface area is 198 Å². The molecule has 2 atom stereocenters. The third-order valence-electron chi connectivity index (χ3n) is 7.14. The Kier molecular flexibility index (Phi) is 7.06. The van der Waals surface area contributed by atoms with Gasteiger partial charge >= 0.3 is 12.1 Å². The predicted molar refractivity (Wildman–Crippen MR) is 128 cm³/mol. The maximum atomic E-state index is 13.1. The first-order valence-corrected chi connectivity index (χ1v) is 12.3. The number of carboxylic acids is 1. The molecule has 3 aromatic rings. The number of halogens is 3. The molecule has 182 valence electrons. The van der Waals surface area contributed by atoms with E-state index in [1.54, 1.807) is 12.1 Å². The van der Waals surface area contributed by atoms with Gasteiger partial charge in [-0.3, -0.25) is 4.79 Å². The highest BCUT2D eigenvalue weighted by Gasteiger charge is 2.33. The van der Waals surface area contributed by atoms with Crippen molar-refractivity contribution in [2.75, 3.05) is 0 Å². The fourth-order valence-corrected chi connectivity index (χ4v) is 5.56. The first-order valence-electron chi connectivity index (χ1n) is 12.3. The molecule has 1 aliphatic carbocycles. The van der Waals surface area contributed by atoms with Crippen molar-refractivity contribution in [2.24, 2.45) is 0 Å². The Bertz CT molecular complexity index is 1160. The lowest BCUT2D eigenvalue weighted by Crippen LogP contribution is -2.20. The summed E-state index contributed by atoms with van der Waals surface area (Å²) in [5.74, 6) is -0.919. The number of carbonyl (C=O) groups is 1. The van der Waals surface area contributed by atoms with Crippen molar-refractivity contribution >= 4 is 16.9 Å². The summed E-state index contributed by atoms with van der Waals surface area (Å²) >= 11 is 0. The van der Waals surface area contributed by atoms with Crippen molar-refractivity contribution in [1.82, 2.24) is 4.57 Å². The average molecular weight is 472 g/mol. The molecule has 2 unspecified atom stereocenters. The van der Waals surface area contributed by atoms with Crippen molar-refractivity contribution in [3.8, 4) is 0 Å². The number of aliphatic carboxylic acids is 1. The molecule has 1 aliphatic rings. The van der Waals surface area contributed by atoms with E-state index >= 15 is 0 Å². The van der Waals surface area contributed by atoms with E-state index in [1.807, 2.05) is 6.92 Å². The van der Waals surface area contributed by atoms with Crippen molar-refractivity contribution < 1.29 is 23.1 Å².